The molecule has 7 heteroatoms. The van der Waals surface area contributed by atoms with Crippen molar-refractivity contribution in [3.8, 4) is 11.5 Å². The summed E-state index contributed by atoms with van der Waals surface area (Å²) in [5.74, 6) is -0.297. The van der Waals surface area contributed by atoms with E-state index in [4.69, 9.17) is 9.47 Å². The maximum Gasteiger partial charge on any atom is 0.295 e. The number of aliphatic hydroxyl groups excluding tert-OH is 1. The molecule has 0 aromatic heterocycles. The lowest BCUT2D eigenvalue weighted by Crippen LogP contribution is -2.30. The first-order valence-electron chi connectivity index (χ1n) is 10.2. The minimum atomic E-state index is -0.698. The summed E-state index contributed by atoms with van der Waals surface area (Å²) in [5.41, 5.74) is 1.19. The SMILES string of the molecule is CCCN1C(=O)C(=O)/C(=C(/O)c2ccc(OC)c(Br)c2)C1c1cccc(OC(C)C)c1. The van der Waals surface area contributed by atoms with Crippen LogP contribution in [0.1, 0.15) is 44.4 Å². The van der Waals surface area contributed by atoms with Gasteiger partial charge in [0.05, 0.1) is 29.3 Å². The number of amides is 1. The number of carbonyl (C=O) groups excluding carboxylic acids is 2. The van der Waals surface area contributed by atoms with E-state index in [0.29, 0.717) is 40.1 Å². The van der Waals surface area contributed by atoms with Crippen LogP contribution in [0.15, 0.2) is 52.5 Å². The molecule has 1 N–H and O–H groups in total. The predicted molar refractivity (Wildman–Crippen MR) is 122 cm³/mol. The molecule has 0 saturated carbocycles. The number of ketones is 1. The summed E-state index contributed by atoms with van der Waals surface area (Å²) >= 11 is 3.40. The van der Waals surface area contributed by atoms with Crippen molar-refractivity contribution in [1.29, 1.82) is 0 Å². The standard InChI is InChI=1S/C24H26BrNO5/c1-5-11-26-21(15-7-6-8-17(12-15)31-14(2)3)20(23(28)24(26)29)22(27)16-9-10-19(30-4)18(25)13-16/h6-10,12-14,21,27H,5,11H2,1-4H3/b22-20+. The van der Waals surface area contributed by atoms with Crippen molar-refractivity contribution in [3.63, 3.8) is 0 Å². The Labute approximate surface area is 190 Å². The Bertz CT molecular complexity index is 1030. The molecule has 0 spiro atoms. The number of Topliss-reactive ketones (excluding diaryl/α,β-unsaturated/α-hetero) is 1. The van der Waals surface area contributed by atoms with Crippen LogP contribution in [-0.2, 0) is 9.59 Å². The molecule has 1 unspecified atom stereocenters. The summed E-state index contributed by atoms with van der Waals surface area (Å²) in [6.45, 7) is 6.19. The third-order valence-corrected chi connectivity index (χ3v) is 5.60. The van der Waals surface area contributed by atoms with Crippen molar-refractivity contribution in [1.82, 2.24) is 4.90 Å². The van der Waals surface area contributed by atoms with Crippen molar-refractivity contribution in [2.45, 2.75) is 39.3 Å². The van der Waals surface area contributed by atoms with Crippen LogP contribution in [-0.4, -0.2) is 41.5 Å². The van der Waals surface area contributed by atoms with Crippen LogP contribution in [0.3, 0.4) is 0 Å². The van der Waals surface area contributed by atoms with Gasteiger partial charge in [-0.2, -0.15) is 0 Å². The van der Waals surface area contributed by atoms with E-state index >= 15 is 0 Å². The van der Waals surface area contributed by atoms with Gasteiger partial charge >= 0.3 is 0 Å². The molecular formula is C24H26BrNO5. The molecule has 0 bridgehead atoms. The molecule has 6 nitrogen and oxygen atoms in total. The van der Waals surface area contributed by atoms with Gasteiger partial charge in [0.15, 0.2) is 0 Å². The van der Waals surface area contributed by atoms with Gasteiger partial charge in [-0.25, -0.2) is 0 Å². The van der Waals surface area contributed by atoms with Crippen molar-refractivity contribution in [2.75, 3.05) is 13.7 Å². The van der Waals surface area contributed by atoms with Gasteiger partial charge in [-0.1, -0.05) is 19.1 Å². The van der Waals surface area contributed by atoms with E-state index in [0.717, 1.165) is 0 Å². The predicted octanol–water partition coefficient (Wildman–Crippen LogP) is 5.08. The summed E-state index contributed by atoms with van der Waals surface area (Å²) in [4.78, 5) is 27.3. The largest absolute Gasteiger partial charge is 0.507 e. The van der Waals surface area contributed by atoms with E-state index in [2.05, 4.69) is 15.9 Å². The van der Waals surface area contributed by atoms with E-state index in [1.54, 1.807) is 25.3 Å². The highest BCUT2D eigenvalue weighted by molar-refractivity contribution is 9.10. The maximum atomic E-state index is 13.0. The maximum absolute atomic E-state index is 13.0. The molecule has 1 aliphatic heterocycles. The number of nitrogens with zero attached hydrogens (tertiary/aromatic N) is 1. The normalized spacial score (nSPS) is 18.0. The summed E-state index contributed by atoms with van der Waals surface area (Å²) in [6.07, 6.45) is 0.661. The van der Waals surface area contributed by atoms with E-state index in [1.807, 2.05) is 45.0 Å². The highest BCUT2D eigenvalue weighted by Crippen LogP contribution is 2.41. The van der Waals surface area contributed by atoms with Gasteiger partial charge in [-0.15, -0.1) is 0 Å². The molecule has 31 heavy (non-hydrogen) atoms. The second-order valence-electron chi connectivity index (χ2n) is 7.58. The first-order chi connectivity index (χ1) is 14.8. The minimum absolute atomic E-state index is 0.0195. The quantitative estimate of drug-likeness (QED) is 0.334. The first kappa shape index (κ1) is 22.9. The smallest absolute Gasteiger partial charge is 0.295 e. The number of ether oxygens (including phenoxy) is 2. The van der Waals surface area contributed by atoms with Crippen LogP contribution in [0, 0.1) is 0 Å². The lowest BCUT2D eigenvalue weighted by atomic mass is 9.95. The van der Waals surface area contributed by atoms with Crippen LogP contribution < -0.4 is 9.47 Å². The number of rotatable bonds is 7. The molecule has 2 aromatic rings. The zero-order valence-corrected chi connectivity index (χ0v) is 19.6. The molecule has 164 valence electrons. The number of aliphatic hydroxyl groups is 1. The average Bonchev–Trinajstić information content (AvgIpc) is 2.98. The van der Waals surface area contributed by atoms with Crippen molar-refractivity contribution < 1.29 is 24.2 Å². The molecule has 2 aromatic carbocycles. The molecule has 0 radical (unpaired) electrons. The van der Waals surface area contributed by atoms with Crippen LogP contribution >= 0.6 is 15.9 Å². The van der Waals surface area contributed by atoms with Gasteiger partial charge in [0.1, 0.15) is 17.3 Å². The topological polar surface area (TPSA) is 76.1 Å². The van der Waals surface area contributed by atoms with Crippen LogP contribution in [0.2, 0.25) is 0 Å². The van der Waals surface area contributed by atoms with Gasteiger partial charge in [0.2, 0.25) is 0 Å². The lowest BCUT2D eigenvalue weighted by molar-refractivity contribution is -0.139. The number of carbonyl (C=O) groups is 2. The van der Waals surface area contributed by atoms with Gasteiger partial charge in [-0.3, -0.25) is 9.59 Å². The summed E-state index contributed by atoms with van der Waals surface area (Å²) in [5, 5.41) is 11.1. The van der Waals surface area contributed by atoms with E-state index in [1.165, 1.54) is 4.90 Å². The molecule has 1 heterocycles. The fraction of sp³-hybridized carbons (Fsp3) is 0.333. The molecule has 1 atom stereocenters. The van der Waals surface area contributed by atoms with Gasteiger partial charge in [0, 0.05) is 12.1 Å². The molecule has 3 rings (SSSR count). The van der Waals surface area contributed by atoms with Crippen LogP contribution in [0.25, 0.3) is 5.76 Å². The van der Waals surface area contributed by atoms with Gasteiger partial charge < -0.3 is 19.5 Å². The summed E-state index contributed by atoms with van der Waals surface area (Å²) in [6, 6.07) is 11.6. The van der Waals surface area contributed by atoms with Crippen molar-refractivity contribution >= 4 is 33.4 Å². The summed E-state index contributed by atoms with van der Waals surface area (Å²) in [7, 11) is 1.54. The molecule has 0 aliphatic carbocycles. The van der Waals surface area contributed by atoms with Gasteiger partial charge in [-0.05, 0) is 72.1 Å². The highest BCUT2D eigenvalue weighted by Gasteiger charge is 2.45. The Morgan fingerprint density at radius 1 is 1.19 bits per heavy atom. The second kappa shape index (κ2) is 9.56. The van der Waals surface area contributed by atoms with Gasteiger partial charge in [0.25, 0.3) is 11.7 Å². The number of likely N-dealkylation sites (tertiary alicyclic amines) is 1. The monoisotopic (exact) mass is 487 g/mol. The zero-order valence-electron chi connectivity index (χ0n) is 18.0. The fourth-order valence-electron chi connectivity index (χ4n) is 3.70. The Morgan fingerprint density at radius 2 is 1.94 bits per heavy atom. The average molecular weight is 488 g/mol. The van der Waals surface area contributed by atoms with Crippen LogP contribution in [0.4, 0.5) is 0 Å². The molecule has 1 amide bonds. The summed E-state index contributed by atoms with van der Waals surface area (Å²) < 4.78 is 11.7. The molecule has 1 aliphatic rings. The second-order valence-corrected chi connectivity index (χ2v) is 8.44. The van der Waals surface area contributed by atoms with E-state index < -0.39 is 17.7 Å². The van der Waals surface area contributed by atoms with Crippen LogP contribution in [0.5, 0.6) is 11.5 Å². The Balaban J connectivity index is 2.16. The highest BCUT2D eigenvalue weighted by atomic mass is 79.9. The number of methoxy groups -OCH3 is 1. The van der Waals surface area contributed by atoms with Crippen molar-refractivity contribution in [3.05, 3.63) is 63.6 Å². The number of halogens is 1. The molecule has 1 saturated heterocycles. The van der Waals surface area contributed by atoms with E-state index in [-0.39, 0.29) is 17.4 Å². The third-order valence-electron chi connectivity index (χ3n) is 4.98. The lowest BCUT2D eigenvalue weighted by Gasteiger charge is -2.25. The molecular weight excluding hydrogens is 462 g/mol. The third kappa shape index (κ3) is 4.61. The Hall–Kier alpha value is -2.80. The molecule has 1 fully saturated rings. The first-order valence-corrected chi connectivity index (χ1v) is 11.0. The number of hydrogen-bond acceptors (Lipinski definition) is 5. The Morgan fingerprint density at radius 3 is 2.55 bits per heavy atom. The van der Waals surface area contributed by atoms with Crippen molar-refractivity contribution in [2.24, 2.45) is 0 Å². The zero-order chi connectivity index (χ0) is 22.7. The minimum Gasteiger partial charge on any atom is -0.507 e. The number of benzene rings is 2. The Kier molecular flexibility index (Phi) is 7.05. The van der Waals surface area contributed by atoms with E-state index in [9.17, 15) is 14.7 Å². The fourth-order valence-corrected chi connectivity index (χ4v) is 4.24. The number of hydrogen-bond donors (Lipinski definition) is 1.